The Bertz CT molecular complexity index is 499. The molecule has 0 aromatic carbocycles. The topological polar surface area (TPSA) is 84.4 Å². The smallest absolute Gasteiger partial charge is 0.243 e. The van der Waals surface area contributed by atoms with E-state index in [1.165, 1.54) is 12.8 Å². The lowest BCUT2D eigenvalue weighted by molar-refractivity contribution is -0.210. The highest BCUT2D eigenvalue weighted by Gasteiger charge is 2.42. The van der Waals surface area contributed by atoms with Crippen LogP contribution in [-0.4, -0.2) is 81.7 Å². The second-order valence-electron chi connectivity index (χ2n) is 7.53. The molecule has 148 valence electrons. The number of nitrogens with zero attached hydrogens (tertiary/aromatic N) is 2. The molecule has 8 heteroatoms. The van der Waals surface area contributed by atoms with Gasteiger partial charge in [0.2, 0.25) is 5.91 Å². The highest BCUT2D eigenvalue weighted by molar-refractivity contribution is 5.85. The molecular weight excluding hydrogens is 336 g/mol. The van der Waals surface area contributed by atoms with E-state index in [1.807, 2.05) is 0 Å². The third kappa shape index (κ3) is 5.31. The van der Waals surface area contributed by atoms with Crippen molar-refractivity contribution >= 4 is 11.9 Å². The van der Waals surface area contributed by atoms with E-state index in [0.717, 1.165) is 25.7 Å². The van der Waals surface area contributed by atoms with Gasteiger partial charge in [0.25, 0.3) is 0 Å². The van der Waals surface area contributed by atoms with Crippen LogP contribution in [0.5, 0.6) is 0 Å². The lowest BCUT2D eigenvalue weighted by atomic mass is 10.1. The van der Waals surface area contributed by atoms with Crippen molar-refractivity contribution in [2.75, 3.05) is 47.0 Å². The highest BCUT2D eigenvalue weighted by Crippen LogP contribution is 2.32. The average molecular weight is 368 g/mol. The third-order valence-electron chi connectivity index (χ3n) is 5.23. The van der Waals surface area contributed by atoms with Crippen LogP contribution in [0.4, 0.5) is 0 Å². The summed E-state index contributed by atoms with van der Waals surface area (Å²) in [6.45, 7) is 2.68. The monoisotopic (exact) mass is 368 g/mol. The Labute approximate surface area is 155 Å². The van der Waals surface area contributed by atoms with E-state index in [1.54, 1.807) is 19.0 Å². The van der Waals surface area contributed by atoms with Gasteiger partial charge in [0.1, 0.15) is 12.6 Å². The molecule has 1 unspecified atom stereocenters. The van der Waals surface area contributed by atoms with E-state index >= 15 is 0 Å². The zero-order chi connectivity index (χ0) is 18.4. The molecular formula is C18H32N4O4. The molecule has 2 N–H and O–H groups in total. The predicted molar refractivity (Wildman–Crippen MR) is 98.0 cm³/mol. The quantitative estimate of drug-likeness (QED) is 0.542. The summed E-state index contributed by atoms with van der Waals surface area (Å²) in [5, 5.41) is 6.79. The van der Waals surface area contributed by atoms with Crippen LogP contribution in [0.1, 0.15) is 38.5 Å². The van der Waals surface area contributed by atoms with Gasteiger partial charge in [-0.1, -0.05) is 12.8 Å². The SMILES string of the molecule is CN(C)C(=O)CN=C(NCC1COC2(CCOCC2)O1)NC1CCCC1. The van der Waals surface area contributed by atoms with Crippen molar-refractivity contribution in [3.05, 3.63) is 0 Å². The largest absolute Gasteiger partial charge is 0.381 e. The summed E-state index contributed by atoms with van der Waals surface area (Å²) >= 11 is 0. The summed E-state index contributed by atoms with van der Waals surface area (Å²) in [6.07, 6.45) is 6.32. The first-order chi connectivity index (χ1) is 12.6. The minimum absolute atomic E-state index is 0.0147. The van der Waals surface area contributed by atoms with Gasteiger partial charge in [-0.2, -0.15) is 0 Å². The molecule has 3 aliphatic rings. The van der Waals surface area contributed by atoms with Crippen molar-refractivity contribution in [1.29, 1.82) is 0 Å². The Morgan fingerprint density at radius 3 is 2.65 bits per heavy atom. The fourth-order valence-electron chi connectivity index (χ4n) is 3.58. The van der Waals surface area contributed by atoms with Gasteiger partial charge in [-0.05, 0) is 12.8 Å². The van der Waals surface area contributed by atoms with Crippen LogP contribution in [0.25, 0.3) is 0 Å². The molecule has 1 spiro atoms. The van der Waals surface area contributed by atoms with Gasteiger partial charge in [0.15, 0.2) is 11.7 Å². The molecule has 0 radical (unpaired) electrons. The predicted octanol–water partition coefficient (Wildman–Crippen LogP) is 0.475. The minimum Gasteiger partial charge on any atom is -0.381 e. The molecule has 1 aliphatic carbocycles. The van der Waals surface area contributed by atoms with Crippen molar-refractivity contribution in [3.63, 3.8) is 0 Å². The molecule has 1 atom stereocenters. The fourth-order valence-corrected chi connectivity index (χ4v) is 3.58. The lowest BCUT2D eigenvalue weighted by Crippen LogP contribution is -2.46. The molecule has 26 heavy (non-hydrogen) atoms. The molecule has 2 saturated heterocycles. The first kappa shape index (κ1) is 19.4. The molecule has 2 aliphatic heterocycles. The zero-order valence-corrected chi connectivity index (χ0v) is 16.0. The lowest BCUT2D eigenvalue weighted by Gasteiger charge is -2.31. The van der Waals surface area contributed by atoms with E-state index < -0.39 is 5.79 Å². The summed E-state index contributed by atoms with van der Waals surface area (Å²) in [5.41, 5.74) is 0. The Morgan fingerprint density at radius 2 is 1.96 bits per heavy atom. The normalized spacial score (nSPS) is 26.2. The number of ether oxygens (including phenoxy) is 3. The second kappa shape index (κ2) is 9.01. The molecule has 0 bridgehead atoms. The second-order valence-corrected chi connectivity index (χ2v) is 7.53. The van der Waals surface area contributed by atoms with Crippen molar-refractivity contribution < 1.29 is 19.0 Å². The Kier molecular flexibility index (Phi) is 6.72. The first-order valence-corrected chi connectivity index (χ1v) is 9.71. The van der Waals surface area contributed by atoms with E-state index in [2.05, 4.69) is 15.6 Å². The number of likely N-dealkylation sites (N-methyl/N-ethyl adjacent to an activating group) is 1. The molecule has 1 saturated carbocycles. The number of nitrogens with one attached hydrogen (secondary N) is 2. The average Bonchev–Trinajstić information content (AvgIpc) is 3.28. The van der Waals surface area contributed by atoms with Crippen molar-refractivity contribution in [1.82, 2.24) is 15.5 Å². The van der Waals surface area contributed by atoms with Crippen molar-refractivity contribution in [2.45, 2.75) is 56.5 Å². The minimum atomic E-state index is -0.471. The van der Waals surface area contributed by atoms with E-state index in [0.29, 0.717) is 38.4 Å². The Morgan fingerprint density at radius 1 is 1.23 bits per heavy atom. The number of hydrogen-bond donors (Lipinski definition) is 2. The molecule has 8 nitrogen and oxygen atoms in total. The van der Waals surface area contributed by atoms with Crippen LogP contribution >= 0.6 is 0 Å². The number of rotatable bonds is 5. The molecule has 0 aromatic rings. The van der Waals surface area contributed by atoms with Gasteiger partial charge < -0.3 is 29.7 Å². The van der Waals surface area contributed by atoms with Crippen molar-refractivity contribution in [3.8, 4) is 0 Å². The molecule has 3 fully saturated rings. The Balaban J connectivity index is 1.51. The van der Waals surface area contributed by atoms with Crippen LogP contribution in [-0.2, 0) is 19.0 Å². The number of carbonyl (C=O) groups excluding carboxylic acids is 1. The zero-order valence-electron chi connectivity index (χ0n) is 16.0. The van der Waals surface area contributed by atoms with Gasteiger partial charge >= 0.3 is 0 Å². The maximum Gasteiger partial charge on any atom is 0.243 e. The first-order valence-electron chi connectivity index (χ1n) is 9.71. The number of aliphatic imine (C=N–C) groups is 1. The van der Waals surface area contributed by atoms with Crippen LogP contribution in [0.2, 0.25) is 0 Å². The van der Waals surface area contributed by atoms with Gasteiger partial charge in [0.05, 0.1) is 19.8 Å². The number of guanidine groups is 1. The van der Waals surface area contributed by atoms with E-state index in [-0.39, 0.29) is 18.6 Å². The van der Waals surface area contributed by atoms with E-state index in [9.17, 15) is 4.79 Å². The van der Waals surface area contributed by atoms with Crippen LogP contribution < -0.4 is 10.6 Å². The fraction of sp³-hybridized carbons (Fsp3) is 0.889. The summed E-state index contributed by atoms with van der Waals surface area (Å²) < 4.78 is 17.5. The van der Waals surface area contributed by atoms with Crippen LogP contribution in [0.15, 0.2) is 4.99 Å². The standard InChI is InChI=1S/C18H32N4O4/c1-22(2)16(23)12-20-17(21-14-5-3-4-6-14)19-11-15-13-25-18(26-15)7-9-24-10-8-18/h14-15H,3-13H2,1-2H3,(H2,19,20,21). The van der Waals surface area contributed by atoms with Crippen molar-refractivity contribution in [2.24, 2.45) is 4.99 Å². The molecule has 1 amide bonds. The van der Waals surface area contributed by atoms with Crippen LogP contribution in [0.3, 0.4) is 0 Å². The molecule has 0 aromatic heterocycles. The molecule has 3 rings (SSSR count). The van der Waals surface area contributed by atoms with Crippen LogP contribution in [0, 0.1) is 0 Å². The summed E-state index contributed by atoms with van der Waals surface area (Å²) in [6, 6.07) is 0.429. The summed E-state index contributed by atoms with van der Waals surface area (Å²) in [7, 11) is 3.48. The third-order valence-corrected chi connectivity index (χ3v) is 5.23. The van der Waals surface area contributed by atoms with E-state index in [4.69, 9.17) is 14.2 Å². The summed E-state index contributed by atoms with van der Waals surface area (Å²) in [5.74, 6) is 0.199. The van der Waals surface area contributed by atoms with Gasteiger partial charge in [-0.15, -0.1) is 0 Å². The maximum atomic E-state index is 11.9. The van der Waals surface area contributed by atoms with Gasteiger partial charge in [0, 0.05) is 39.5 Å². The number of amides is 1. The summed E-state index contributed by atoms with van der Waals surface area (Å²) in [4.78, 5) is 17.9. The van der Waals surface area contributed by atoms with Gasteiger partial charge in [-0.25, -0.2) is 4.99 Å². The van der Waals surface area contributed by atoms with Gasteiger partial charge in [-0.3, -0.25) is 4.79 Å². The number of carbonyl (C=O) groups is 1. The maximum absolute atomic E-state index is 11.9. The Hall–Kier alpha value is -1.38. The highest BCUT2D eigenvalue weighted by atomic mass is 16.7. The molecule has 2 heterocycles. The number of hydrogen-bond acceptors (Lipinski definition) is 5.